The first kappa shape index (κ1) is 90.3. The molecule has 112 heavy (non-hydrogen) atoms. The Morgan fingerprint density at radius 2 is 0.839 bits per heavy atom. The van der Waals surface area contributed by atoms with Gasteiger partial charge in [-0.25, -0.2) is 0 Å². The van der Waals surface area contributed by atoms with Gasteiger partial charge in [-0.05, 0) is 148 Å². The van der Waals surface area contributed by atoms with E-state index in [1.54, 1.807) is 54.7 Å². The van der Waals surface area contributed by atoms with E-state index in [-0.39, 0.29) is 229 Å². The molecule has 4 aromatic carbocycles. The third kappa shape index (κ3) is 25.3. The summed E-state index contributed by atoms with van der Waals surface area (Å²) < 4.78 is 3.17. The fourth-order valence-electron chi connectivity index (χ4n) is 15.0. The number of hydrogen-bond donors (Lipinski definition) is 9. The molecule has 2 aromatic heterocycles. The molecule has 1 radical (unpaired) electrons. The number of carbonyl (C=O) groups is 9. The first-order valence-electron chi connectivity index (χ1n) is 38.6. The van der Waals surface area contributed by atoms with Gasteiger partial charge in [-0.3, -0.25) is 71.9 Å². The van der Waals surface area contributed by atoms with Gasteiger partial charge >= 0.3 is 17.9 Å². The quantitative estimate of drug-likeness (QED) is 0.0173. The van der Waals surface area contributed by atoms with Crippen molar-refractivity contribution in [2.75, 3.05) is 118 Å². The number of phenolic OH excluding ortho intramolecular Hbond substituents is 4. The zero-order chi connectivity index (χ0) is 79.3. The summed E-state index contributed by atoms with van der Waals surface area (Å²) >= 11 is 0. The summed E-state index contributed by atoms with van der Waals surface area (Å²) in [6.45, 7) is 15.3. The van der Waals surface area contributed by atoms with Gasteiger partial charge in [-0.1, -0.05) is 72.2 Å². The molecule has 3 fully saturated rings. The number of rotatable bonds is 34. The van der Waals surface area contributed by atoms with Gasteiger partial charge in [0.15, 0.2) is 11.6 Å². The Morgan fingerprint density at radius 1 is 0.455 bits per heavy atom. The summed E-state index contributed by atoms with van der Waals surface area (Å²) in [5.74, 6) is -5.02. The summed E-state index contributed by atoms with van der Waals surface area (Å²) in [4.78, 5) is 129. The monoisotopic (exact) mass is 1710 g/mol. The predicted molar refractivity (Wildman–Crippen MR) is 416 cm³/mol. The van der Waals surface area contributed by atoms with Crippen LogP contribution in [-0.2, 0) is 46.4 Å². The van der Waals surface area contributed by atoms with E-state index in [2.05, 4.69) is 31.0 Å². The maximum atomic E-state index is 14.8. The molecule has 9 rings (SSSR count). The molecule has 31 heteroatoms. The Kier molecular flexibility index (Phi) is 34.9. The number of nitrogens with zero attached hydrogens (tertiary/aromatic N) is 12. The van der Waals surface area contributed by atoms with Crippen LogP contribution in [0.1, 0.15) is 181 Å². The maximum absolute atomic E-state index is 14.8. The van der Waals surface area contributed by atoms with E-state index in [1.165, 1.54) is 12.1 Å². The fourth-order valence-corrected chi connectivity index (χ4v) is 15.0. The molecule has 4 amide bonds. The molecule has 3 aliphatic heterocycles. The van der Waals surface area contributed by atoms with E-state index >= 15 is 0 Å². The van der Waals surface area contributed by atoms with Gasteiger partial charge in [0, 0.05) is 184 Å². The number of likely N-dealkylation sites (tertiary alicyclic amines) is 2. The molecule has 5 heterocycles. The number of Topliss-reactive ketones (excluding diaryl/α,β-unsaturated/α-hetero) is 2. The molecule has 3 aliphatic rings. The number of ketones is 2. The predicted octanol–water partition coefficient (Wildman–Crippen LogP) is 8.00. The van der Waals surface area contributed by atoms with Crippen molar-refractivity contribution in [2.45, 2.75) is 151 Å². The minimum Gasteiger partial charge on any atom is -0.508 e. The number of carbonyl (C=O) groups excluding carboxylic acids is 6. The number of piperidine rings is 2. The molecular weight excluding hydrogens is 1600 g/mol. The van der Waals surface area contributed by atoms with Gasteiger partial charge in [0.2, 0.25) is 23.5 Å². The Hall–Kier alpha value is -8.94. The first-order chi connectivity index (χ1) is 52.7. The Balaban J connectivity index is 0.00000870. The molecule has 0 spiro atoms. The molecule has 6 aromatic rings. The van der Waals surface area contributed by atoms with E-state index < -0.39 is 35.6 Å². The number of hydrogen-bond acceptors (Lipinski definition) is 21. The van der Waals surface area contributed by atoms with Crippen molar-refractivity contribution in [3.8, 4) is 57.1 Å². The van der Waals surface area contributed by atoms with E-state index in [9.17, 15) is 78.9 Å². The molecule has 617 valence electrons. The van der Waals surface area contributed by atoms with Gasteiger partial charge in [-0.2, -0.15) is 0 Å². The summed E-state index contributed by atoms with van der Waals surface area (Å²) in [5, 5.41) is 95.0. The minimum absolute atomic E-state index is 0. The van der Waals surface area contributed by atoms with Crippen LogP contribution in [0.5, 0.6) is 23.0 Å². The number of carboxylic acids is 3. The topological polar surface area (TPSA) is 400 Å². The van der Waals surface area contributed by atoms with Crippen LogP contribution in [0, 0.1) is 54.6 Å². The second-order valence-corrected chi connectivity index (χ2v) is 29.9. The molecule has 0 unspecified atom stereocenters. The molecule has 1 atom stereocenters. The number of aromatic nitrogens is 6. The van der Waals surface area contributed by atoms with Gasteiger partial charge < -0.3 is 56.2 Å². The third-order valence-corrected chi connectivity index (χ3v) is 21.1. The number of aliphatic carboxylic acids is 3. The average molecular weight is 1710 g/mol. The van der Waals surface area contributed by atoms with Gasteiger partial charge in [-0.15, -0.1) is 20.4 Å². The average Bonchev–Trinajstić information content (AvgIpc) is 1.59. The molecular formula is C81H112LuN14O16. The fraction of sp³-hybridized carbons (Fsp3) is 0.543. The number of unbranched alkanes of at least 4 members (excludes halogenated alkanes) is 2. The minimum atomic E-state index is -1.05. The molecule has 0 bridgehead atoms. The largest absolute Gasteiger partial charge is 0.508 e. The van der Waals surface area contributed by atoms with Crippen molar-refractivity contribution >= 4 is 53.1 Å². The first-order valence-corrected chi connectivity index (χ1v) is 38.6. The van der Waals surface area contributed by atoms with Crippen molar-refractivity contribution < 1.29 is 116 Å². The Bertz CT molecular complexity index is 4160. The van der Waals surface area contributed by atoms with Crippen molar-refractivity contribution in [3.05, 3.63) is 107 Å². The Morgan fingerprint density at radius 3 is 1.21 bits per heavy atom. The molecule has 9 N–H and O–H groups in total. The van der Waals surface area contributed by atoms with E-state index in [0.29, 0.717) is 131 Å². The van der Waals surface area contributed by atoms with Crippen LogP contribution in [0.25, 0.3) is 34.2 Å². The van der Waals surface area contributed by atoms with Crippen LogP contribution in [0.4, 0.5) is 0 Å². The number of carboxylic acid groups (broad SMARTS) is 3. The number of phenols is 4. The molecule has 0 saturated carbocycles. The van der Waals surface area contributed by atoms with Crippen LogP contribution < -0.4 is 10.6 Å². The summed E-state index contributed by atoms with van der Waals surface area (Å²) in [6.07, 6.45) is 6.43. The maximum Gasteiger partial charge on any atom is 0.317 e. The normalized spacial score (nSPS) is 15.7. The molecule has 3 saturated heterocycles. The number of nitrogens with one attached hydrogen (secondary N) is 2. The van der Waals surface area contributed by atoms with E-state index in [4.69, 9.17) is 0 Å². The van der Waals surface area contributed by atoms with Crippen molar-refractivity contribution in [1.29, 1.82) is 0 Å². The van der Waals surface area contributed by atoms with Crippen molar-refractivity contribution in [2.24, 2.45) is 17.8 Å². The van der Waals surface area contributed by atoms with Gasteiger partial charge in [0.05, 0.1) is 37.3 Å². The Labute approximate surface area is 684 Å². The summed E-state index contributed by atoms with van der Waals surface area (Å²) in [6, 6.07) is 21.2. The van der Waals surface area contributed by atoms with E-state index in [1.807, 2.05) is 86.0 Å². The second-order valence-electron chi connectivity index (χ2n) is 29.9. The molecule has 30 nitrogen and oxygen atoms in total. The van der Waals surface area contributed by atoms with Crippen LogP contribution >= 0.6 is 0 Å². The van der Waals surface area contributed by atoms with Crippen LogP contribution in [0.2, 0.25) is 0 Å². The zero-order valence-electron chi connectivity index (χ0n) is 64.4. The number of amides is 4. The van der Waals surface area contributed by atoms with E-state index in [0.717, 1.165) is 30.4 Å². The van der Waals surface area contributed by atoms with Crippen LogP contribution in [0.3, 0.4) is 0 Å². The van der Waals surface area contributed by atoms with Gasteiger partial charge in [0.1, 0.15) is 34.6 Å². The zero-order valence-corrected chi connectivity index (χ0v) is 66.0. The summed E-state index contributed by atoms with van der Waals surface area (Å²) in [5.41, 5.74) is 5.00. The second kappa shape index (κ2) is 43.4. The van der Waals surface area contributed by atoms with Crippen LogP contribution in [-0.4, -0.2) is 266 Å². The number of benzene rings is 4. The number of aromatic hydroxyl groups is 4. The standard InChI is InChI=1S/C80H108N14O16.CH4.Lu/c1-7-81-78(108)76-85-83-74(64-43-62(51(3)4)66(97)45-68(64)99)93(76)58-18-14-53(15-19-58)40-55-24-28-91(29-25-55)70(101)23-22-60(95)42-57(12-10-9-11-13-61(96)47-87-32-34-88(48-71(102)103)36-38-90(50-73(106)107)39-37-89(35-33-87)49-72(104)105)80(110)92-30-26-56(27-31-92)41-54-16-20-59(21-17-54)94-75(84-86-77(94)79(109)82-8-2)65-44-63(52(5)6)67(98)46-69(65)100;;/h14-21,43-46,51-52,55-57,97-100H,7-13,22-42,47-50H2,1-6H3,(H,81,108)(H,82,109)(H,102,103)(H,104,105)(H,106,107);1H4;/t57-;;/m1../s1. The van der Waals surface area contributed by atoms with Gasteiger partial charge in [0.25, 0.3) is 11.8 Å². The smallest absolute Gasteiger partial charge is 0.317 e. The van der Waals surface area contributed by atoms with Crippen LogP contribution in [0.15, 0.2) is 72.8 Å². The third-order valence-electron chi connectivity index (χ3n) is 21.1. The molecule has 0 aliphatic carbocycles. The summed E-state index contributed by atoms with van der Waals surface area (Å²) in [7, 11) is 0. The van der Waals surface area contributed by atoms with Crippen molar-refractivity contribution in [1.82, 2.24) is 69.6 Å². The van der Waals surface area contributed by atoms with Crippen molar-refractivity contribution in [3.63, 3.8) is 0 Å². The SMILES string of the molecule is C.CCNC(=O)c1nnc(-c2cc(C(C)C)c(O)cc2O)n1-c1ccc(CC2CCN(C(=O)CCC(=O)C[C@@H](CCCCCC(=O)CN3CCN(CC(=O)O)CCN(CC(=O)O)CCN(CC(=O)O)CC3)C(=O)N3CCC(Cc4ccc(-n5c(C(=O)NCC)nnc5-c5cc(C(C)C)c(O)cc5O)cc4)CC3)CC2)cc1.[Lu].